The van der Waals surface area contributed by atoms with Crippen LogP contribution in [0.15, 0.2) is 41.4 Å². The molecule has 3 rings (SSSR count). The van der Waals surface area contributed by atoms with E-state index in [4.69, 9.17) is 11.6 Å². The van der Waals surface area contributed by atoms with Crippen molar-refractivity contribution in [3.63, 3.8) is 0 Å². The quantitative estimate of drug-likeness (QED) is 0.669. The minimum absolute atomic E-state index is 0.194. The number of aryl methyl sites for hydroxylation is 2. The van der Waals surface area contributed by atoms with Crippen molar-refractivity contribution in [2.75, 3.05) is 6.54 Å². The Balaban J connectivity index is 1.68. The van der Waals surface area contributed by atoms with E-state index in [1.54, 1.807) is 29.1 Å². The van der Waals surface area contributed by atoms with Gasteiger partial charge in [0.2, 0.25) is 10.0 Å². The molecule has 2 aromatic heterocycles. The van der Waals surface area contributed by atoms with Crippen molar-refractivity contribution in [3.05, 3.63) is 52.9 Å². The Morgan fingerprint density at radius 2 is 1.96 bits per heavy atom. The molecule has 0 bridgehead atoms. The van der Waals surface area contributed by atoms with Crippen LogP contribution in [0.4, 0.5) is 0 Å². The molecule has 0 saturated carbocycles. The zero-order valence-corrected chi connectivity index (χ0v) is 15.6. The van der Waals surface area contributed by atoms with E-state index < -0.39 is 10.0 Å². The Bertz CT molecular complexity index is 1010. The number of rotatable bonds is 6. The van der Waals surface area contributed by atoms with Crippen molar-refractivity contribution in [2.45, 2.75) is 31.7 Å². The molecule has 6 nitrogen and oxygen atoms in total. The van der Waals surface area contributed by atoms with Crippen LogP contribution in [0.1, 0.15) is 17.8 Å². The van der Waals surface area contributed by atoms with E-state index in [2.05, 4.69) is 14.8 Å². The van der Waals surface area contributed by atoms with Crippen LogP contribution in [-0.4, -0.2) is 29.7 Å². The standard InChI is InChI=1S/C17H19ClN4O2S/c1-12-16(18)13(2)22(21-12)11-5-10-20-25(23,24)15-8-3-6-14-7-4-9-19-17(14)15/h3-4,6-9,20H,5,10-11H2,1-2H3. The first-order chi connectivity index (χ1) is 11.9. The van der Waals surface area contributed by atoms with Gasteiger partial charge in [0.05, 0.1) is 21.9 Å². The Hall–Kier alpha value is -1.96. The van der Waals surface area contributed by atoms with Gasteiger partial charge in [-0.15, -0.1) is 0 Å². The highest BCUT2D eigenvalue weighted by atomic mass is 35.5. The fourth-order valence-corrected chi connectivity index (χ4v) is 4.09. The zero-order valence-electron chi connectivity index (χ0n) is 14.0. The number of hydrogen-bond donors (Lipinski definition) is 1. The van der Waals surface area contributed by atoms with Gasteiger partial charge in [-0.2, -0.15) is 5.10 Å². The summed E-state index contributed by atoms with van der Waals surface area (Å²) in [5.41, 5.74) is 2.14. The number of para-hydroxylation sites is 1. The van der Waals surface area contributed by atoms with E-state index in [-0.39, 0.29) is 4.90 Å². The molecule has 25 heavy (non-hydrogen) atoms. The van der Waals surface area contributed by atoms with Crippen LogP contribution < -0.4 is 4.72 Å². The summed E-state index contributed by atoms with van der Waals surface area (Å²) in [6.07, 6.45) is 2.20. The molecule has 1 aromatic carbocycles. The second-order valence-electron chi connectivity index (χ2n) is 5.79. The second kappa shape index (κ2) is 7.11. The van der Waals surface area contributed by atoms with Gasteiger partial charge in [-0.1, -0.05) is 29.8 Å². The molecular formula is C17H19ClN4O2S. The average Bonchev–Trinajstić information content (AvgIpc) is 2.85. The van der Waals surface area contributed by atoms with Gasteiger partial charge < -0.3 is 0 Å². The Morgan fingerprint density at radius 3 is 2.68 bits per heavy atom. The van der Waals surface area contributed by atoms with Crippen LogP contribution in [-0.2, 0) is 16.6 Å². The summed E-state index contributed by atoms with van der Waals surface area (Å²) in [6.45, 7) is 4.65. The lowest BCUT2D eigenvalue weighted by Crippen LogP contribution is -2.26. The molecule has 0 aliphatic carbocycles. The van der Waals surface area contributed by atoms with Gasteiger partial charge in [0, 0.05) is 24.7 Å². The lowest BCUT2D eigenvalue weighted by atomic mass is 10.2. The zero-order chi connectivity index (χ0) is 18.0. The summed E-state index contributed by atoms with van der Waals surface area (Å²) in [5.74, 6) is 0. The molecule has 0 aliphatic rings. The van der Waals surface area contributed by atoms with Crippen molar-refractivity contribution >= 4 is 32.5 Å². The summed E-state index contributed by atoms with van der Waals surface area (Å²) < 4.78 is 29.6. The van der Waals surface area contributed by atoms with Crippen molar-refractivity contribution in [2.24, 2.45) is 0 Å². The number of fused-ring (bicyclic) bond motifs is 1. The van der Waals surface area contributed by atoms with Crippen LogP contribution in [0.25, 0.3) is 10.9 Å². The maximum Gasteiger partial charge on any atom is 0.242 e. The number of aromatic nitrogens is 3. The van der Waals surface area contributed by atoms with Gasteiger partial charge >= 0.3 is 0 Å². The lowest BCUT2D eigenvalue weighted by molar-refractivity contribution is 0.544. The van der Waals surface area contributed by atoms with Gasteiger partial charge in [0.1, 0.15) is 4.90 Å². The van der Waals surface area contributed by atoms with E-state index >= 15 is 0 Å². The third-order valence-corrected chi connectivity index (χ3v) is 6.06. The third-order valence-electron chi connectivity index (χ3n) is 4.02. The molecule has 0 atom stereocenters. The fraction of sp³-hybridized carbons (Fsp3) is 0.294. The van der Waals surface area contributed by atoms with E-state index in [9.17, 15) is 8.42 Å². The van der Waals surface area contributed by atoms with Gasteiger partial charge in [0.15, 0.2) is 0 Å². The molecule has 0 amide bonds. The fourth-order valence-electron chi connectivity index (χ4n) is 2.70. The van der Waals surface area contributed by atoms with E-state index in [0.29, 0.717) is 30.0 Å². The number of sulfonamides is 1. The first-order valence-corrected chi connectivity index (χ1v) is 9.79. The summed E-state index contributed by atoms with van der Waals surface area (Å²) in [6, 6.07) is 8.75. The molecule has 8 heteroatoms. The van der Waals surface area contributed by atoms with Crippen molar-refractivity contribution in [1.29, 1.82) is 0 Å². The number of nitrogens with zero attached hydrogens (tertiary/aromatic N) is 3. The largest absolute Gasteiger partial charge is 0.268 e. The summed E-state index contributed by atoms with van der Waals surface area (Å²) in [4.78, 5) is 4.39. The molecule has 0 aliphatic heterocycles. The normalized spacial score (nSPS) is 12.0. The monoisotopic (exact) mass is 378 g/mol. The molecule has 0 radical (unpaired) electrons. The molecule has 0 fully saturated rings. The maximum absolute atomic E-state index is 12.6. The second-order valence-corrected chi connectivity index (χ2v) is 7.90. The van der Waals surface area contributed by atoms with Crippen LogP contribution >= 0.6 is 11.6 Å². The predicted octanol–water partition coefficient (Wildman–Crippen LogP) is 3.07. The van der Waals surface area contributed by atoms with Crippen LogP contribution in [0, 0.1) is 13.8 Å². The van der Waals surface area contributed by atoms with Crippen LogP contribution in [0.3, 0.4) is 0 Å². The number of nitrogens with one attached hydrogen (secondary N) is 1. The minimum atomic E-state index is -3.62. The van der Waals surface area contributed by atoms with E-state index in [1.807, 2.05) is 26.0 Å². The predicted molar refractivity (Wildman–Crippen MR) is 98.3 cm³/mol. The molecule has 0 unspecified atom stereocenters. The SMILES string of the molecule is Cc1nn(CCCNS(=O)(=O)c2cccc3cccnc23)c(C)c1Cl. The lowest BCUT2D eigenvalue weighted by Gasteiger charge is -2.09. The number of hydrogen-bond acceptors (Lipinski definition) is 4. The molecule has 132 valence electrons. The molecule has 2 heterocycles. The van der Waals surface area contributed by atoms with Gasteiger partial charge in [0.25, 0.3) is 0 Å². The maximum atomic E-state index is 12.6. The van der Waals surface area contributed by atoms with Crippen LogP contribution in [0.5, 0.6) is 0 Å². The highest BCUT2D eigenvalue weighted by Crippen LogP contribution is 2.21. The minimum Gasteiger partial charge on any atom is -0.268 e. The third kappa shape index (κ3) is 3.68. The Morgan fingerprint density at radius 1 is 1.20 bits per heavy atom. The first kappa shape index (κ1) is 17.8. The highest BCUT2D eigenvalue weighted by Gasteiger charge is 2.17. The molecule has 0 saturated heterocycles. The van der Waals surface area contributed by atoms with E-state index in [1.165, 1.54) is 0 Å². The summed E-state index contributed by atoms with van der Waals surface area (Å²) >= 11 is 6.12. The molecule has 1 N–H and O–H groups in total. The van der Waals surface area contributed by atoms with Gasteiger partial charge in [-0.05, 0) is 32.4 Å². The van der Waals surface area contributed by atoms with Crippen molar-refractivity contribution < 1.29 is 8.42 Å². The topological polar surface area (TPSA) is 76.9 Å². The number of benzene rings is 1. The summed E-state index contributed by atoms with van der Waals surface area (Å²) in [5, 5.41) is 5.79. The van der Waals surface area contributed by atoms with Gasteiger partial charge in [-0.25, -0.2) is 13.1 Å². The average molecular weight is 379 g/mol. The molecular weight excluding hydrogens is 360 g/mol. The highest BCUT2D eigenvalue weighted by molar-refractivity contribution is 7.89. The van der Waals surface area contributed by atoms with Crippen LogP contribution in [0.2, 0.25) is 5.02 Å². The smallest absolute Gasteiger partial charge is 0.242 e. The molecule has 0 spiro atoms. The van der Waals surface area contributed by atoms with E-state index in [0.717, 1.165) is 16.8 Å². The first-order valence-electron chi connectivity index (χ1n) is 7.93. The summed E-state index contributed by atoms with van der Waals surface area (Å²) in [7, 11) is -3.62. The Labute approximate surface area is 151 Å². The number of pyridine rings is 1. The number of halogens is 1. The van der Waals surface area contributed by atoms with Crippen molar-refractivity contribution in [1.82, 2.24) is 19.5 Å². The van der Waals surface area contributed by atoms with Gasteiger partial charge in [-0.3, -0.25) is 9.67 Å². The Kier molecular flexibility index (Phi) is 5.08. The molecule has 3 aromatic rings. The van der Waals surface area contributed by atoms with Crippen molar-refractivity contribution in [3.8, 4) is 0 Å².